The number of H-pyrrole nitrogens is 1. The molecule has 0 aliphatic rings. The van der Waals surface area contributed by atoms with Crippen LogP contribution in [0.25, 0.3) is 11.3 Å². The van der Waals surface area contributed by atoms with Crippen LogP contribution in [0.15, 0.2) is 60.8 Å². The number of rotatable bonds is 8. The molecule has 0 spiro atoms. The number of aromatic nitrogens is 4. The summed E-state index contributed by atoms with van der Waals surface area (Å²) in [6.45, 7) is 3.68. The normalized spacial score (nSPS) is 11.6. The van der Waals surface area contributed by atoms with Gasteiger partial charge in [-0.3, -0.25) is 9.89 Å². The SMILES string of the molecule is CNC(=O)c1ccc(Nc2ncc(-c3cc(C)[nH]n3)c(N[C@H](CO)c3ccccc3)n2)cc1C. The van der Waals surface area contributed by atoms with E-state index in [9.17, 15) is 9.90 Å². The molecule has 0 unspecified atom stereocenters. The standard InChI is InChI=1S/C25H27N7O2/c1-15-11-18(9-10-19(15)24(34)26-3)28-25-27-13-20(21-12-16(2)31-32-21)23(30-25)29-22(14-33)17-7-5-4-6-8-17/h4-13,22,33H,14H2,1-3H3,(H,26,34)(H,31,32)(H2,27,28,29,30)/t22-/m1/s1. The smallest absolute Gasteiger partial charge is 0.251 e. The van der Waals surface area contributed by atoms with Crippen molar-refractivity contribution in [1.82, 2.24) is 25.5 Å². The summed E-state index contributed by atoms with van der Waals surface area (Å²) in [6.07, 6.45) is 1.69. The molecule has 9 nitrogen and oxygen atoms in total. The first-order valence-electron chi connectivity index (χ1n) is 10.9. The first-order valence-corrected chi connectivity index (χ1v) is 10.9. The predicted molar refractivity (Wildman–Crippen MR) is 132 cm³/mol. The van der Waals surface area contributed by atoms with Crippen LogP contribution in [0.5, 0.6) is 0 Å². The lowest BCUT2D eigenvalue weighted by Crippen LogP contribution is -2.19. The molecule has 174 valence electrons. The second kappa shape index (κ2) is 10.1. The van der Waals surface area contributed by atoms with Gasteiger partial charge in [-0.15, -0.1) is 0 Å². The zero-order valence-electron chi connectivity index (χ0n) is 19.3. The van der Waals surface area contributed by atoms with Crippen LogP contribution in [-0.2, 0) is 0 Å². The third kappa shape index (κ3) is 5.05. The number of aliphatic hydroxyl groups excluding tert-OH is 1. The van der Waals surface area contributed by atoms with Crippen LogP contribution in [0.4, 0.5) is 17.5 Å². The van der Waals surface area contributed by atoms with Gasteiger partial charge in [-0.2, -0.15) is 10.1 Å². The second-order valence-corrected chi connectivity index (χ2v) is 7.92. The van der Waals surface area contributed by atoms with Gasteiger partial charge in [0.1, 0.15) is 5.82 Å². The molecule has 0 saturated heterocycles. The Hall–Kier alpha value is -4.24. The molecular weight excluding hydrogens is 430 g/mol. The molecular formula is C25H27N7O2. The number of hydrogen-bond donors (Lipinski definition) is 5. The number of hydrogen-bond acceptors (Lipinski definition) is 7. The van der Waals surface area contributed by atoms with Gasteiger partial charge >= 0.3 is 0 Å². The van der Waals surface area contributed by atoms with Gasteiger partial charge < -0.3 is 21.1 Å². The average Bonchev–Trinajstić information content (AvgIpc) is 3.28. The van der Waals surface area contributed by atoms with Gasteiger partial charge in [0.25, 0.3) is 5.91 Å². The topological polar surface area (TPSA) is 128 Å². The molecule has 0 bridgehead atoms. The summed E-state index contributed by atoms with van der Waals surface area (Å²) in [5.74, 6) is 0.766. The van der Waals surface area contributed by atoms with Gasteiger partial charge in [-0.25, -0.2) is 4.98 Å². The van der Waals surface area contributed by atoms with E-state index in [4.69, 9.17) is 4.98 Å². The van der Waals surface area contributed by atoms with Crippen LogP contribution in [0, 0.1) is 13.8 Å². The predicted octanol–water partition coefficient (Wildman–Crippen LogP) is 3.73. The molecule has 5 N–H and O–H groups in total. The molecule has 0 fully saturated rings. The fraction of sp³-hybridized carbons (Fsp3) is 0.200. The van der Waals surface area contributed by atoms with Crippen LogP contribution in [0.1, 0.15) is 33.2 Å². The number of carbonyl (C=O) groups is 1. The number of benzene rings is 2. The number of aromatic amines is 1. The molecule has 0 aliphatic heterocycles. The van der Waals surface area contributed by atoms with Crippen molar-refractivity contribution >= 4 is 23.4 Å². The van der Waals surface area contributed by atoms with Crippen LogP contribution >= 0.6 is 0 Å². The van der Waals surface area contributed by atoms with Crippen LogP contribution < -0.4 is 16.0 Å². The quantitative estimate of drug-likeness (QED) is 0.273. The fourth-order valence-electron chi connectivity index (χ4n) is 3.64. The van der Waals surface area contributed by atoms with Crippen molar-refractivity contribution in [3.8, 4) is 11.3 Å². The zero-order chi connectivity index (χ0) is 24.1. The molecule has 1 atom stereocenters. The monoisotopic (exact) mass is 457 g/mol. The Balaban J connectivity index is 1.67. The molecule has 0 radical (unpaired) electrons. The Morgan fingerprint density at radius 2 is 1.91 bits per heavy atom. The van der Waals surface area contributed by atoms with Gasteiger partial charge in [-0.1, -0.05) is 30.3 Å². The number of nitrogens with zero attached hydrogens (tertiary/aromatic N) is 3. The number of carbonyl (C=O) groups excluding carboxylic acids is 1. The van der Waals surface area contributed by atoms with E-state index in [0.717, 1.165) is 22.5 Å². The van der Waals surface area contributed by atoms with E-state index in [1.54, 1.807) is 25.4 Å². The number of nitrogens with one attached hydrogen (secondary N) is 4. The Morgan fingerprint density at radius 1 is 1.12 bits per heavy atom. The van der Waals surface area contributed by atoms with E-state index >= 15 is 0 Å². The largest absolute Gasteiger partial charge is 0.394 e. The summed E-state index contributed by atoms with van der Waals surface area (Å²) in [7, 11) is 1.60. The van der Waals surface area contributed by atoms with Crippen LogP contribution in [-0.4, -0.2) is 44.8 Å². The minimum absolute atomic E-state index is 0.115. The molecule has 2 aromatic heterocycles. The highest BCUT2D eigenvalue weighted by atomic mass is 16.3. The van der Waals surface area contributed by atoms with Crippen LogP contribution in [0.2, 0.25) is 0 Å². The van der Waals surface area contributed by atoms with Crippen molar-refractivity contribution in [1.29, 1.82) is 0 Å². The molecule has 0 aliphatic carbocycles. The second-order valence-electron chi connectivity index (χ2n) is 7.92. The van der Waals surface area contributed by atoms with E-state index in [1.807, 2.05) is 56.3 Å². The summed E-state index contributed by atoms with van der Waals surface area (Å²) in [5, 5.41) is 26.5. The maximum absolute atomic E-state index is 12.0. The highest BCUT2D eigenvalue weighted by molar-refractivity contribution is 5.95. The summed E-state index contributed by atoms with van der Waals surface area (Å²) in [5.41, 5.74) is 5.43. The van der Waals surface area contributed by atoms with Crippen molar-refractivity contribution in [2.75, 3.05) is 24.3 Å². The van der Waals surface area contributed by atoms with Gasteiger partial charge in [-0.05, 0) is 49.2 Å². The molecule has 2 heterocycles. The maximum Gasteiger partial charge on any atom is 0.251 e. The van der Waals surface area contributed by atoms with Crippen molar-refractivity contribution in [3.05, 3.63) is 83.2 Å². The summed E-state index contributed by atoms with van der Waals surface area (Å²) >= 11 is 0. The molecule has 4 aromatic rings. The number of aliphatic hydroxyl groups is 1. The van der Waals surface area contributed by atoms with E-state index in [1.165, 1.54) is 0 Å². The van der Waals surface area contributed by atoms with Crippen LogP contribution in [0.3, 0.4) is 0 Å². The first-order chi connectivity index (χ1) is 16.5. The lowest BCUT2D eigenvalue weighted by molar-refractivity contribution is 0.0962. The summed E-state index contributed by atoms with van der Waals surface area (Å²) < 4.78 is 0. The van der Waals surface area contributed by atoms with Gasteiger partial charge in [0.15, 0.2) is 0 Å². The number of anilines is 3. The van der Waals surface area contributed by atoms with Crippen molar-refractivity contribution < 1.29 is 9.90 Å². The molecule has 4 rings (SSSR count). The summed E-state index contributed by atoms with van der Waals surface area (Å²) in [6, 6.07) is 16.7. The van der Waals surface area contributed by atoms with Gasteiger partial charge in [0.05, 0.1) is 23.9 Å². The maximum atomic E-state index is 12.0. The van der Waals surface area contributed by atoms with E-state index in [2.05, 4.69) is 31.1 Å². The first kappa shape index (κ1) is 22.9. The van der Waals surface area contributed by atoms with Crippen molar-refractivity contribution in [2.45, 2.75) is 19.9 Å². The van der Waals surface area contributed by atoms with E-state index < -0.39 is 0 Å². The van der Waals surface area contributed by atoms with Crippen molar-refractivity contribution in [3.63, 3.8) is 0 Å². The molecule has 2 aromatic carbocycles. The minimum Gasteiger partial charge on any atom is -0.394 e. The lowest BCUT2D eigenvalue weighted by Gasteiger charge is -2.19. The average molecular weight is 458 g/mol. The highest BCUT2D eigenvalue weighted by Gasteiger charge is 2.17. The molecule has 0 saturated carbocycles. The fourth-order valence-corrected chi connectivity index (χ4v) is 3.64. The highest BCUT2D eigenvalue weighted by Crippen LogP contribution is 2.30. The minimum atomic E-state index is -0.364. The molecule has 1 amide bonds. The Morgan fingerprint density at radius 3 is 2.56 bits per heavy atom. The van der Waals surface area contributed by atoms with Gasteiger partial charge in [0.2, 0.25) is 5.95 Å². The number of aryl methyl sites for hydroxylation is 2. The molecule has 9 heteroatoms. The third-order valence-corrected chi connectivity index (χ3v) is 5.42. The van der Waals surface area contributed by atoms with E-state index in [0.29, 0.717) is 28.6 Å². The summed E-state index contributed by atoms with van der Waals surface area (Å²) in [4.78, 5) is 21.1. The Labute approximate surface area is 197 Å². The number of amides is 1. The van der Waals surface area contributed by atoms with E-state index in [-0.39, 0.29) is 18.6 Å². The van der Waals surface area contributed by atoms with Gasteiger partial charge in [0, 0.05) is 30.2 Å². The Bertz CT molecular complexity index is 1290. The lowest BCUT2D eigenvalue weighted by atomic mass is 10.1. The third-order valence-electron chi connectivity index (χ3n) is 5.42. The zero-order valence-corrected chi connectivity index (χ0v) is 19.3. The van der Waals surface area contributed by atoms with Crippen molar-refractivity contribution in [2.24, 2.45) is 0 Å². The Kier molecular flexibility index (Phi) is 6.84. The molecule has 34 heavy (non-hydrogen) atoms.